The first-order valence-electron chi connectivity index (χ1n) is 8.24. The molecule has 3 aromatic rings. The number of hydrogen-bond acceptors (Lipinski definition) is 4. The van der Waals surface area contributed by atoms with E-state index in [-0.39, 0.29) is 0 Å². The Kier molecular flexibility index (Phi) is 3.58. The molecule has 5 nitrogen and oxygen atoms in total. The fourth-order valence-corrected chi connectivity index (χ4v) is 3.47. The lowest BCUT2D eigenvalue weighted by Gasteiger charge is -2.32. The molecule has 0 bridgehead atoms. The van der Waals surface area contributed by atoms with Crippen LogP contribution in [0.4, 0.5) is 11.6 Å². The molecule has 120 valence electrons. The molecule has 3 N–H and O–H groups in total. The van der Waals surface area contributed by atoms with Crippen molar-refractivity contribution in [3.05, 3.63) is 53.7 Å². The van der Waals surface area contributed by atoms with Crippen LogP contribution < -0.4 is 10.6 Å². The Hall–Kier alpha value is -3.00. The fourth-order valence-electron chi connectivity index (χ4n) is 3.47. The van der Waals surface area contributed by atoms with E-state index in [1.54, 1.807) is 6.07 Å². The van der Waals surface area contributed by atoms with E-state index in [2.05, 4.69) is 51.3 Å². The van der Waals surface area contributed by atoms with Gasteiger partial charge in [0.2, 0.25) is 0 Å². The molecule has 0 saturated carbocycles. The number of rotatable bonds is 2. The molecule has 5 heteroatoms. The number of nitrogens with zero attached hydrogens (tertiary/aromatic N) is 3. The molecule has 0 spiro atoms. The molecule has 1 fully saturated rings. The number of piperidine rings is 1. The standard InChI is InChI=1S/C19H19N5/c20-12-15-5-6-18(23-19(15)21)24-9-7-13(8-10-24)17-11-14-3-1-2-4-16(14)22-17/h1-6,11,13,22H,7-10H2,(H2,21,23). The van der Waals surface area contributed by atoms with Crippen molar-refractivity contribution in [3.8, 4) is 6.07 Å². The zero-order valence-electron chi connectivity index (χ0n) is 13.4. The quantitative estimate of drug-likeness (QED) is 0.759. The second kappa shape index (κ2) is 5.89. The van der Waals surface area contributed by atoms with Crippen molar-refractivity contribution in [2.45, 2.75) is 18.8 Å². The van der Waals surface area contributed by atoms with E-state index in [1.807, 2.05) is 6.07 Å². The number of nitriles is 1. The van der Waals surface area contributed by atoms with Crippen LogP contribution in [0.5, 0.6) is 0 Å². The summed E-state index contributed by atoms with van der Waals surface area (Å²) in [6, 6.07) is 16.4. The summed E-state index contributed by atoms with van der Waals surface area (Å²) in [5, 5.41) is 10.2. The third kappa shape index (κ3) is 2.56. The number of para-hydroxylation sites is 1. The van der Waals surface area contributed by atoms with Gasteiger partial charge in [-0.05, 0) is 42.5 Å². The second-order valence-electron chi connectivity index (χ2n) is 6.29. The van der Waals surface area contributed by atoms with Crippen LogP contribution in [-0.4, -0.2) is 23.1 Å². The van der Waals surface area contributed by atoms with Crippen molar-refractivity contribution >= 4 is 22.5 Å². The number of pyridine rings is 1. The lowest BCUT2D eigenvalue weighted by Crippen LogP contribution is -2.33. The molecular weight excluding hydrogens is 298 g/mol. The van der Waals surface area contributed by atoms with E-state index in [0.29, 0.717) is 17.3 Å². The molecule has 0 atom stereocenters. The molecular formula is C19H19N5. The average molecular weight is 317 g/mol. The first kappa shape index (κ1) is 14.6. The van der Waals surface area contributed by atoms with Crippen molar-refractivity contribution in [2.24, 2.45) is 0 Å². The summed E-state index contributed by atoms with van der Waals surface area (Å²) >= 11 is 0. The monoisotopic (exact) mass is 317 g/mol. The third-order valence-electron chi connectivity index (χ3n) is 4.84. The largest absolute Gasteiger partial charge is 0.383 e. The van der Waals surface area contributed by atoms with Crippen molar-refractivity contribution in [1.82, 2.24) is 9.97 Å². The molecule has 0 radical (unpaired) electrons. The van der Waals surface area contributed by atoms with Crippen LogP contribution in [0, 0.1) is 11.3 Å². The van der Waals surface area contributed by atoms with Crippen LogP contribution in [0.15, 0.2) is 42.5 Å². The smallest absolute Gasteiger partial charge is 0.143 e. The third-order valence-corrected chi connectivity index (χ3v) is 4.84. The summed E-state index contributed by atoms with van der Waals surface area (Å²) in [5.74, 6) is 1.72. The molecule has 1 aromatic carbocycles. The van der Waals surface area contributed by atoms with Crippen LogP contribution in [0.3, 0.4) is 0 Å². The van der Waals surface area contributed by atoms with Gasteiger partial charge in [-0.3, -0.25) is 0 Å². The minimum atomic E-state index is 0.313. The molecule has 2 aromatic heterocycles. The summed E-state index contributed by atoms with van der Waals surface area (Å²) in [7, 11) is 0. The van der Waals surface area contributed by atoms with Crippen LogP contribution in [0.1, 0.15) is 30.0 Å². The molecule has 1 saturated heterocycles. The number of fused-ring (bicyclic) bond motifs is 1. The zero-order chi connectivity index (χ0) is 16.5. The van der Waals surface area contributed by atoms with Gasteiger partial charge in [-0.15, -0.1) is 0 Å². The lowest BCUT2D eigenvalue weighted by molar-refractivity contribution is 0.496. The van der Waals surface area contributed by atoms with Gasteiger partial charge in [0.1, 0.15) is 17.7 Å². The van der Waals surface area contributed by atoms with E-state index in [4.69, 9.17) is 11.0 Å². The van der Waals surface area contributed by atoms with Gasteiger partial charge in [0, 0.05) is 30.2 Å². The summed E-state index contributed by atoms with van der Waals surface area (Å²) in [4.78, 5) is 10.2. The maximum Gasteiger partial charge on any atom is 0.143 e. The van der Waals surface area contributed by atoms with Gasteiger partial charge in [-0.25, -0.2) is 4.98 Å². The number of nitrogens with two attached hydrogens (primary N) is 1. The molecule has 3 heterocycles. The minimum absolute atomic E-state index is 0.313. The Labute approximate surface area is 140 Å². The Bertz CT molecular complexity index is 880. The van der Waals surface area contributed by atoms with E-state index < -0.39 is 0 Å². The Morgan fingerprint density at radius 3 is 2.67 bits per heavy atom. The number of nitrogens with one attached hydrogen (secondary N) is 1. The maximum atomic E-state index is 8.95. The van der Waals surface area contributed by atoms with Gasteiger partial charge in [-0.1, -0.05) is 18.2 Å². The first-order chi connectivity index (χ1) is 11.7. The van der Waals surface area contributed by atoms with Crippen molar-refractivity contribution in [2.75, 3.05) is 23.7 Å². The highest BCUT2D eigenvalue weighted by atomic mass is 15.2. The summed E-state index contributed by atoms with van der Waals surface area (Å²) < 4.78 is 0. The van der Waals surface area contributed by atoms with Crippen LogP contribution in [-0.2, 0) is 0 Å². The Morgan fingerprint density at radius 1 is 1.17 bits per heavy atom. The van der Waals surface area contributed by atoms with Gasteiger partial charge in [0.05, 0.1) is 5.56 Å². The lowest BCUT2D eigenvalue weighted by atomic mass is 9.93. The summed E-state index contributed by atoms with van der Waals surface area (Å²) in [5.41, 5.74) is 8.80. The number of aromatic amines is 1. The van der Waals surface area contributed by atoms with Gasteiger partial charge >= 0.3 is 0 Å². The van der Waals surface area contributed by atoms with E-state index >= 15 is 0 Å². The Morgan fingerprint density at radius 2 is 1.96 bits per heavy atom. The highest BCUT2D eigenvalue weighted by Crippen LogP contribution is 2.31. The molecule has 4 rings (SSSR count). The van der Waals surface area contributed by atoms with Crippen LogP contribution in [0.2, 0.25) is 0 Å². The van der Waals surface area contributed by atoms with E-state index in [0.717, 1.165) is 31.7 Å². The number of benzene rings is 1. The number of H-pyrrole nitrogens is 1. The number of anilines is 2. The van der Waals surface area contributed by atoms with E-state index in [1.165, 1.54) is 16.6 Å². The first-order valence-corrected chi connectivity index (χ1v) is 8.24. The van der Waals surface area contributed by atoms with Crippen molar-refractivity contribution in [1.29, 1.82) is 5.26 Å². The minimum Gasteiger partial charge on any atom is -0.383 e. The zero-order valence-corrected chi connectivity index (χ0v) is 13.4. The number of aromatic nitrogens is 2. The van der Waals surface area contributed by atoms with Crippen LogP contribution >= 0.6 is 0 Å². The van der Waals surface area contributed by atoms with Gasteiger partial charge < -0.3 is 15.6 Å². The average Bonchev–Trinajstić information content (AvgIpc) is 3.06. The number of nitrogen functional groups attached to an aromatic ring is 1. The second-order valence-corrected chi connectivity index (χ2v) is 6.29. The SMILES string of the molecule is N#Cc1ccc(N2CCC(c3cc4ccccc4[nH]3)CC2)nc1N. The summed E-state index contributed by atoms with van der Waals surface area (Å²) in [6.45, 7) is 1.89. The van der Waals surface area contributed by atoms with Gasteiger partial charge in [0.25, 0.3) is 0 Å². The topological polar surface area (TPSA) is 81.7 Å². The molecule has 0 amide bonds. The van der Waals surface area contributed by atoms with Crippen LogP contribution in [0.25, 0.3) is 10.9 Å². The summed E-state index contributed by atoms with van der Waals surface area (Å²) in [6.07, 6.45) is 2.16. The molecule has 24 heavy (non-hydrogen) atoms. The maximum absolute atomic E-state index is 8.95. The molecule has 0 unspecified atom stereocenters. The van der Waals surface area contributed by atoms with Crippen molar-refractivity contribution < 1.29 is 0 Å². The highest BCUT2D eigenvalue weighted by Gasteiger charge is 2.23. The number of hydrogen-bond donors (Lipinski definition) is 2. The van der Waals surface area contributed by atoms with Crippen molar-refractivity contribution in [3.63, 3.8) is 0 Å². The fraction of sp³-hybridized carbons (Fsp3) is 0.263. The van der Waals surface area contributed by atoms with E-state index in [9.17, 15) is 0 Å². The molecule has 1 aliphatic heterocycles. The predicted octanol–water partition coefficient (Wildman–Crippen LogP) is 3.40. The molecule has 0 aliphatic carbocycles. The molecule has 1 aliphatic rings. The highest BCUT2D eigenvalue weighted by molar-refractivity contribution is 5.80. The predicted molar refractivity (Wildman–Crippen MR) is 95.9 cm³/mol. The van der Waals surface area contributed by atoms with Gasteiger partial charge in [0.15, 0.2) is 0 Å². The van der Waals surface area contributed by atoms with Gasteiger partial charge in [-0.2, -0.15) is 5.26 Å². The normalized spacial score (nSPS) is 15.5. The Balaban J connectivity index is 1.48.